The number of piperazine rings is 1. The van der Waals surface area contributed by atoms with Gasteiger partial charge in [0.1, 0.15) is 17.2 Å². The minimum absolute atomic E-state index is 0.238. The van der Waals surface area contributed by atoms with Crippen molar-refractivity contribution in [3.05, 3.63) is 66.9 Å². The van der Waals surface area contributed by atoms with Gasteiger partial charge in [-0.05, 0) is 43.4 Å². The normalized spacial score (nSPS) is 14.0. The van der Waals surface area contributed by atoms with Crippen LogP contribution in [-0.4, -0.2) is 82.3 Å². The Kier molecular flexibility index (Phi) is 8.54. The van der Waals surface area contributed by atoms with E-state index in [4.69, 9.17) is 0 Å². The van der Waals surface area contributed by atoms with Crippen LogP contribution >= 0.6 is 0 Å². The first-order chi connectivity index (χ1) is 18.2. The molecule has 200 valence electrons. The highest BCUT2D eigenvalue weighted by Gasteiger charge is 2.17. The number of pyridine rings is 1. The summed E-state index contributed by atoms with van der Waals surface area (Å²) in [6.45, 7) is 8.00. The van der Waals surface area contributed by atoms with Gasteiger partial charge in [-0.3, -0.25) is 4.79 Å². The number of nitrogens with zero attached hydrogens (tertiary/aromatic N) is 6. The van der Waals surface area contributed by atoms with E-state index in [1.165, 1.54) is 24.4 Å². The van der Waals surface area contributed by atoms with Gasteiger partial charge in [-0.2, -0.15) is 9.35 Å². The van der Waals surface area contributed by atoms with Gasteiger partial charge >= 0.3 is 0 Å². The van der Waals surface area contributed by atoms with Crippen molar-refractivity contribution < 1.29 is 9.00 Å². The van der Waals surface area contributed by atoms with Gasteiger partial charge in [0, 0.05) is 72.5 Å². The van der Waals surface area contributed by atoms with Crippen LogP contribution in [0.1, 0.15) is 10.4 Å². The molecule has 3 heterocycles. The molecule has 0 aliphatic carbocycles. The number of carbonyl (C=O) groups excluding carboxylic acids is 1. The summed E-state index contributed by atoms with van der Waals surface area (Å²) in [6, 6.07) is 13.2. The topological polar surface area (TPSA) is 128 Å². The van der Waals surface area contributed by atoms with Crippen molar-refractivity contribution in [1.82, 2.24) is 25.2 Å². The van der Waals surface area contributed by atoms with Gasteiger partial charge in [0.05, 0.1) is 0 Å². The number of hydrogen-bond acceptors (Lipinski definition) is 10. The largest absolute Gasteiger partial charge is 0.369 e. The van der Waals surface area contributed by atoms with Gasteiger partial charge < -0.3 is 25.8 Å². The van der Waals surface area contributed by atoms with E-state index in [2.05, 4.69) is 70.8 Å². The molecule has 1 amide bonds. The lowest BCUT2D eigenvalue weighted by Crippen LogP contribution is -2.44. The average molecular weight is 536 g/mol. The fraction of sp³-hybridized carbons (Fsp3) is 0.308. The third kappa shape index (κ3) is 7.49. The molecule has 3 N–H and O–H groups in total. The van der Waals surface area contributed by atoms with Crippen molar-refractivity contribution in [2.45, 2.75) is 0 Å². The Morgan fingerprint density at radius 3 is 2.50 bits per heavy atom. The molecule has 12 heteroatoms. The maximum atomic E-state index is 12.8. The molecule has 1 aromatic carbocycles. The van der Waals surface area contributed by atoms with Crippen molar-refractivity contribution >= 4 is 50.4 Å². The molecule has 3 aromatic rings. The SMILES string of the molecule is C=CCNC(=O)c1cnc(Nc2ccc(N3CCN(C)CC3)cc2)nc1Nc1cccc(N=S(C)(C)=O)n1. The first-order valence-electron chi connectivity index (χ1n) is 12.2. The Morgan fingerprint density at radius 1 is 1.08 bits per heavy atom. The monoisotopic (exact) mass is 535 g/mol. The third-order valence-corrected chi connectivity index (χ3v) is 6.35. The van der Waals surface area contributed by atoms with Crippen LogP contribution in [0.15, 0.2) is 65.7 Å². The average Bonchev–Trinajstić information content (AvgIpc) is 2.88. The summed E-state index contributed by atoms with van der Waals surface area (Å²) < 4.78 is 16.2. The van der Waals surface area contributed by atoms with Crippen LogP contribution in [0.4, 0.5) is 34.8 Å². The molecular formula is C26H33N9O2S. The first-order valence-corrected chi connectivity index (χ1v) is 14.5. The zero-order valence-corrected chi connectivity index (χ0v) is 22.7. The second-order valence-electron chi connectivity index (χ2n) is 9.20. The molecule has 0 atom stereocenters. The lowest BCUT2D eigenvalue weighted by atomic mass is 10.2. The van der Waals surface area contributed by atoms with Crippen LogP contribution in [0.2, 0.25) is 0 Å². The predicted octanol–water partition coefficient (Wildman–Crippen LogP) is 3.39. The number of nitrogens with one attached hydrogen (secondary N) is 3. The molecule has 0 radical (unpaired) electrons. The van der Waals surface area contributed by atoms with Crippen molar-refractivity contribution in [2.24, 2.45) is 4.36 Å². The smallest absolute Gasteiger partial charge is 0.256 e. The predicted molar refractivity (Wildman–Crippen MR) is 154 cm³/mol. The lowest BCUT2D eigenvalue weighted by molar-refractivity contribution is 0.0958. The number of amides is 1. The molecule has 0 bridgehead atoms. The van der Waals surface area contributed by atoms with Gasteiger partial charge in [-0.25, -0.2) is 14.2 Å². The van der Waals surface area contributed by atoms with E-state index >= 15 is 0 Å². The number of aromatic nitrogens is 3. The Balaban J connectivity index is 1.57. The Labute approximate surface area is 223 Å². The number of benzene rings is 1. The highest BCUT2D eigenvalue weighted by Crippen LogP contribution is 2.24. The van der Waals surface area contributed by atoms with Gasteiger partial charge in [0.2, 0.25) is 5.95 Å². The zero-order chi connectivity index (χ0) is 27.1. The van der Waals surface area contributed by atoms with Crippen LogP contribution in [-0.2, 0) is 9.73 Å². The van der Waals surface area contributed by atoms with Crippen molar-refractivity contribution in [2.75, 3.05) is 67.8 Å². The molecule has 0 saturated carbocycles. The maximum absolute atomic E-state index is 12.8. The third-order valence-electron chi connectivity index (χ3n) is 5.73. The number of likely N-dealkylation sites (N-methyl/N-ethyl adjacent to an activating group) is 1. The van der Waals surface area contributed by atoms with E-state index in [-0.39, 0.29) is 17.3 Å². The molecule has 11 nitrogen and oxygen atoms in total. The number of rotatable bonds is 9. The minimum Gasteiger partial charge on any atom is -0.369 e. The van der Waals surface area contributed by atoms with E-state index in [0.29, 0.717) is 24.1 Å². The van der Waals surface area contributed by atoms with Gasteiger partial charge in [-0.1, -0.05) is 12.1 Å². The number of carbonyl (C=O) groups is 1. The van der Waals surface area contributed by atoms with E-state index in [0.717, 1.165) is 31.9 Å². The fourth-order valence-electron chi connectivity index (χ4n) is 3.80. The zero-order valence-electron chi connectivity index (χ0n) is 21.8. The molecule has 0 spiro atoms. The molecule has 0 unspecified atom stereocenters. The summed E-state index contributed by atoms with van der Waals surface area (Å²) in [4.78, 5) is 30.7. The van der Waals surface area contributed by atoms with Crippen LogP contribution in [0.25, 0.3) is 0 Å². The maximum Gasteiger partial charge on any atom is 0.256 e. The molecule has 1 aliphatic rings. The van der Waals surface area contributed by atoms with Gasteiger partial charge in [-0.15, -0.1) is 6.58 Å². The van der Waals surface area contributed by atoms with Crippen LogP contribution in [0, 0.1) is 0 Å². The molecule has 4 rings (SSSR count). The fourth-order valence-corrected chi connectivity index (χ4v) is 4.36. The summed E-state index contributed by atoms with van der Waals surface area (Å²) in [6.07, 6.45) is 6.12. The summed E-state index contributed by atoms with van der Waals surface area (Å²) in [5, 5.41) is 9.04. The Bertz CT molecular complexity index is 1400. The van der Waals surface area contributed by atoms with Gasteiger partial charge in [0.15, 0.2) is 5.82 Å². The summed E-state index contributed by atoms with van der Waals surface area (Å²) in [7, 11) is -0.245. The minimum atomic E-state index is -2.38. The summed E-state index contributed by atoms with van der Waals surface area (Å²) in [5.41, 5.74) is 2.22. The second kappa shape index (κ2) is 12.0. The summed E-state index contributed by atoms with van der Waals surface area (Å²) in [5.74, 6) is 0.924. The molecule has 1 saturated heterocycles. The lowest BCUT2D eigenvalue weighted by Gasteiger charge is -2.34. The van der Waals surface area contributed by atoms with E-state index < -0.39 is 9.73 Å². The van der Waals surface area contributed by atoms with Crippen molar-refractivity contribution in [3.8, 4) is 0 Å². The van der Waals surface area contributed by atoms with Crippen LogP contribution < -0.4 is 20.9 Å². The van der Waals surface area contributed by atoms with Crippen LogP contribution in [0.5, 0.6) is 0 Å². The second-order valence-corrected chi connectivity index (χ2v) is 11.7. The molecule has 2 aromatic heterocycles. The number of anilines is 5. The standard InChI is InChI=1S/C26H33N9O2S/c1-5-13-27-25(36)21-18-28-26(29-19-9-11-20(12-10-19)35-16-14-34(2)15-17-35)32-24(21)31-22-7-6-8-23(30-22)33-38(3,4)37/h5-12,18H,1,13-17H2,2-4H3,(H,27,36)(H2,28,29,30,31,32). The number of hydrogen-bond donors (Lipinski definition) is 3. The molecular weight excluding hydrogens is 502 g/mol. The highest BCUT2D eigenvalue weighted by molar-refractivity contribution is 7.92. The highest BCUT2D eigenvalue weighted by atomic mass is 32.2. The molecule has 1 aliphatic heterocycles. The van der Waals surface area contributed by atoms with E-state index in [9.17, 15) is 9.00 Å². The van der Waals surface area contributed by atoms with Crippen molar-refractivity contribution in [1.29, 1.82) is 0 Å². The molecule has 38 heavy (non-hydrogen) atoms. The van der Waals surface area contributed by atoms with E-state index in [1.807, 2.05) is 12.1 Å². The van der Waals surface area contributed by atoms with E-state index in [1.54, 1.807) is 24.3 Å². The Morgan fingerprint density at radius 2 is 1.82 bits per heavy atom. The Hall–Kier alpha value is -4.03. The van der Waals surface area contributed by atoms with Gasteiger partial charge in [0.25, 0.3) is 5.91 Å². The first kappa shape index (κ1) is 27.0. The summed E-state index contributed by atoms with van der Waals surface area (Å²) >= 11 is 0. The molecule has 1 fully saturated rings. The quantitative estimate of drug-likeness (QED) is 0.353. The van der Waals surface area contributed by atoms with Crippen molar-refractivity contribution in [3.63, 3.8) is 0 Å². The van der Waals surface area contributed by atoms with Crippen LogP contribution in [0.3, 0.4) is 0 Å².